The van der Waals surface area contributed by atoms with Gasteiger partial charge in [-0.2, -0.15) is 0 Å². The molecule has 0 radical (unpaired) electrons. The Morgan fingerprint density at radius 3 is 2.89 bits per heavy atom. The minimum Gasteiger partial charge on any atom is -0.330 e. The normalized spacial score (nSPS) is 26.2. The van der Waals surface area contributed by atoms with Gasteiger partial charge in [-0.3, -0.25) is 4.90 Å². The summed E-state index contributed by atoms with van der Waals surface area (Å²) >= 11 is 5.46. The van der Waals surface area contributed by atoms with Crippen LogP contribution in [0.5, 0.6) is 0 Å². The third-order valence-electron chi connectivity index (χ3n) is 3.81. The fourth-order valence-electron chi connectivity index (χ4n) is 3.00. The lowest BCUT2D eigenvalue weighted by Crippen LogP contribution is -2.35. The van der Waals surface area contributed by atoms with Crippen molar-refractivity contribution < 1.29 is 0 Å². The number of nitrogens with two attached hydrogens (primary N) is 1. The maximum atomic E-state index is 6.03. The highest BCUT2D eigenvalue weighted by atomic mass is 79.9. The summed E-state index contributed by atoms with van der Waals surface area (Å²) < 4.78 is 1.23. The molecule has 2 N–H and O–H groups in total. The maximum Gasteiger partial charge on any atom is 0.0701 e. The van der Waals surface area contributed by atoms with E-state index in [4.69, 9.17) is 5.73 Å². The predicted octanol–water partition coefficient (Wildman–Crippen LogP) is 4.02. The molecule has 2 atom stereocenters. The molecule has 0 amide bonds. The van der Waals surface area contributed by atoms with Crippen LogP contribution in [0.1, 0.15) is 43.5 Å². The number of rotatable bonds is 4. The van der Waals surface area contributed by atoms with Crippen LogP contribution in [-0.2, 0) is 0 Å². The fourth-order valence-corrected chi connectivity index (χ4v) is 4.65. The van der Waals surface area contributed by atoms with Gasteiger partial charge < -0.3 is 5.73 Å². The molecule has 2 heterocycles. The second kappa shape index (κ2) is 7.04. The van der Waals surface area contributed by atoms with Crippen LogP contribution in [0.25, 0.3) is 0 Å². The molecular weight excluding hydrogens is 308 g/mol. The topological polar surface area (TPSA) is 29.3 Å². The number of nitrogens with zero attached hydrogens (tertiary/aromatic N) is 1. The molecule has 1 aliphatic rings. The van der Waals surface area contributed by atoms with E-state index >= 15 is 0 Å². The molecule has 0 saturated carbocycles. The number of likely N-dealkylation sites (tertiary alicyclic amines) is 1. The van der Waals surface area contributed by atoms with Crippen LogP contribution in [0.15, 0.2) is 15.9 Å². The van der Waals surface area contributed by atoms with Crippen LogP contribution in [0.3, 0.4) is 0 Å². The van der Waals surface area contributed by atoms with E-state index in [2.05, 4.69) is 39.9 Å². The minimum atomic E-state index is 0.536. The molecule has 1 aromatic heterocycles. The highest BCUT2D eigenvalue weighted by Crippen LogP contribution is 2.39. The Morgan fingerprint density at radius 2 is 2.28 bits per heavy atom. The molecule has 4 heteroatoms. The van der Waals surface area contributed by atoms with E-state index in [1.165, 1.54) is 47.4 Å². The molecule has 0 aromatic carbocycles. The molecule has 2 nitrogen and oxygen atoms in total. The molecule has 1 aromatic rings. The molecule has 0 aliphatic carbocycles. The van der Waals surface area contributed by atoms with Crippen molar-refractivity contribution in [3.63, 3.8) is 0 Å². The Bertz CT molecular complexity index is 366. The van der Waals surface area contributed by atoms with Gasteiger partial charge >= 0.3 is 0 Å². The highest BCUT2D eigenvalue weighted by Gasteiger charge is 2.30. The Kier molecular flexibility index (Phi) is 5.67. The van der Waals surface area contributed by atoms with Gasteiger partial charge in [-0.1, -0.05) is 13.3 Å². The average Bonchev–Trinajstić information content (AvgIpc) is 2.68. The second-order valence-electron chi connectivity index (χ2n) is 5.11. The van der Waals surface area contributed by atoms with Gasteiger partial charge in [-0.05, 0) is 72.9 Å². The number of hydrogen-bond donors (Lipinski definition) is 1. The average molecular weight is 331 g/mol. The minimum absolute atomic E-state index is 0.536. The lowest BCUT2D eigenvalue weighted by molar-refractivity contribution is 0.161. The Labute approximate surface area is 123 Å². The number of halogens is 1. The van der Waals surface area contributed by atoms with E-state index in [0.29, 0.717) is 12.0 Å². The quantitative estimate of drug-likeness (QED) is 0.903. The first kappa shape index (κ1) is 14.5. The van der Waals surface area contributed by atoms with Gasteiger partial charge in [-0.25, -0.2) is 0 Å². The maximum absolute atomic E-state index is 6.03. The van der Waals surface area contributed by atoms with Crippen molar-refractivity contribution in [2.75, 3.05) is 19.6 Å². The highest BCUT2D eigenvalue weighted by molar-refractivity contribution is 9.11. The monoisotopic (exact) mass is 330 g/mol. The summed E-state index contributed by atoms with van der Waals surface area (Å²) in [6, 6.07) is 4.98. The summed E-state index contributed by atoms with van der Waals surface area (Å²) in [4.78, 5) is 4.13. The van der Waals surface area contributed by atoms with Crippen molar-refractivity contribution in [1.82, 2.24) is 4.90 Å². The molecule has 2 unspecified atom stereocenters. The first-order valence-corrected chi connectivity index (χ1v) is 8.56. The Balaban J connectivity index is 2.25. The molecule has 0 spiro atoms. The van der Waals surface area contributed by atoms with Crippen LogP contribution in [-0.4, -0.2) is 24.5 Å². The second-order valence-corrected chi connectivity index (χ2v) is 7.61. The van der Waals surface area contributed by atoms with Crippen LogP contribution in [0.4, 0.5) is 0 Å². The van der Waals surface area contributed by atoms with Crippen LogP contribution in [0, 0.1) is 5.92 Å². The van der Waals surface area contributed by atoms with Crippen molar-refractivity contribution >= 4 is 27.3 Å². The molecule has 1 fully saturated rings. The Morgan fingerprint density at radius 1 is 1.44 bits per heavy atom. The van der Waals surface area contributed by atoms with Gasteiger partial charge in [-0.15, -0.1) is 11.3 Å². The third-order valence-corrected chi connectivity index (χ3v) is 5.50. The Hall–Kier alpha value is 0.1000. The first-order valence-electron chi connectivity index (χ1n) is 6.95. The van der Waals surface area contributed by atoms with Crippen molar-refractivity contribution in [1.29, 1.82) is 0 Å². The molecule has 102 valence electrons. The number of thiophene rings is 1. The van der Waals surface area contributed by atoms with Crippen LogP contribution >= 0.6 is 27.3 Å². The molecule has 0 bridgehead atoms. The largest absolute Gasteiger partial charge is 0.330 e. The van der Waals surface area contributed by atoms with Crippen molar-refractivity contribution in [3.8, 4) is 0 Å². The third kappa shape index (κ3) is 3.35. The molecule has 1 aliphatic heterocycles. The van der Waals surface area contributed by atoms with E-state index in [1.54, 1.807) is 0 Å². The van der Waals surface area contributed by atoms with Crippen molar-refractivity contribution in [2.24, 2.45) is 11.7 Å². The molecular formula is C14H23BrN2S. The summed E-state index contributed by atoms with van der Waals surface area (Å²) in [5.41, 5.74) is 6.03. The van der Waals surface area contributed by atoms with E-state index in [9.17, 15) is 0 Å². The standard InChI is InChI=1S/C14H23BrN2S/c1-2-8-17-9-4-3-5-11(10-16)14(17)12-6-7-13(15)18-12/h6-7,11,14H,2-5,8-10,16H2,1H3. The zero-order valence-corrected chi connectivity index (χ0v) is 13.5. The van der Waals surface area contributed by atoms with Crippen molar-refractivity contribution in [2.45, 2.75) is 38.6 Å². The van der Waals surface area contributed by atoms with Gasteiger partial charge in [0.25, 0.3) is 0 Å². The van der Waals surface area contributed by atoms with E-state index in [1.807, 2.05) is 11.3 Å². The van der Waals surface area contributed by atoms with Gasteiger partial charge in [0.2, 0.25) is 0 Å². The molecule has 2 rings (SSSR count). The van der Waals surface area contributed by atoms with E-state index in [-0.39, 0.29) is 0 Å². The first-order chi connectivity index (χ1) is 8.76. The van der Waals surface area contributed by atoms with Crippen LogP contribution < -0.4 is 5.73 Å². The number of hydrogen-bond acceptors (Lipinski definition) is 3. The van der Waals surface area contributed by atoms with Gasteiger partial charge in [0, 0.05) is 10.9 Å². The van der Waals surface area contributed by atoms with Crippen molar-refractivity contribution in [3.05, 3.63) is 20.8 Å². The summed E-state index contributed by atoms with van der Waals surface area (Å²) in [7, 11) is 0. The lowest BCUT2D eigenvalue weighted by atomic mass is 9.93. The summed E-state index contributed by atoms with van der Waals surface area (Å²) in [6.07, 6.45) is 5.14. The van der Waals surface area contributed by atoms with E-state index in [0.717, 1.165) is 6.54 Å². The summed E-state index contributed by atoms with van der Waals surface area (Å²) in [6.45, 7) is 5.49. The SMILES string of the molecule is CCCN1CCCCC(CN)C1c1ccc(Br)s1. The predicted molar refractivity (Wildman–Crippen MR) is 83.0 cm³/mol. The zero-order chi connectivity index (χ0) is 13.0. The van der Waals surface area contributed by atoms with Crippen LogP contribution in [0.2, 0.25) is 0 Å². The zero-order valence-electron chi connectivity index (χ0n) is 11.1. The summed E-state index contributed by atoms with van der Waals surface area (Å²) in [5.74, 6) is 0.615. The van der Waals surface area contributed by atoms with Gasteiger partial charge in [0.1, 0.15) is 0 Å². The van der Waals surface area contributed by atoms with Gasteiger partial charge in [0.15, 0.2) is 0 Å². The molecule has 18 heavy (non-hydrogen) atoms. The summed E-state index contributed by atoms with van der Waals surface area (Å²) in [5, 5.41) is 0. The lowest BCUT2D eigenvalue weighted by Gasteiger charge is -2.33. The van der Waals surface area contributed by atoms with E-state index < -0.39 is 0 Å². The smallest absolute Gasteiger partial charge is 0.0701 e. The molecule has 1 saturated heterocycles. The van der Waals surface area contributed by atoms with Gasteiger partial charge in [0.05, 0.1) is 3.79 Å². The fraction of sp³-hybridized carbons (Fsp3) is 0.714.